The van der Waals surface area contributed by atoms with Gasteiger partial charge >= 0.3 is 0 Å². The molecular weight excluding hydrogens is 224 g/mol. The highest BCUT2D eigenvalue weighted by molar-refractivity contribution is 5.78. The van der Waals surface area contributed by atoms with Gasteiger partial charge in [-0.25, -0.2) is 0 Å². The van der Waals surface area contributed by atoms with Gasteiger partial charge in [0.05, 0.1) is 0 Å². The van der Waals surface area contributed by atoms with Crippen LogP contribution in [0.4, 0.5) is 0 Å². The zero-order chi connectivity index (χ0) is 13.8. The van der Waals surface area contributed by atoms with Crippen molar-refractivity contribution in [1.29, 1.82) is 0 Å². The van der Waals surface area contributed by atoms with Crippen molar-refractivity contribution in [3.8, 4) is 0 Å². The monoisotopic (exact) mass is 256 g/mol. The normalized spacial score (nSPS) is 12.7. The van der Waals surface area contributed by atoms with Crippen molar-refractivity contribution in [1.82, 2.24) is 10.2 Å². The minimum Gasteiger partial charge on any atom is -0.356 e. The maximum Gasteiger partial charge on any atom is 0.222 e. The van der Waals surface area contributed by atoms with Crippen molar-refractivity contribution in [3.63, 3.8) is 0 Å². The highest BCUT2D eigenvalue weighted by atomic mass is 16.1. The van der Waals surface area contributed by atoms with Gasteiger partial charge in [-0.1, -0.05) is 39.5 Å². The van der Waals surface area contributed by atoms with Gasteiger partial charge in [-0.2, -0.15) is 0 Å². The Kier molecular flexibility index (Phi) is 11.2. The second-order valence-corrected chi connectivity index (χ2v) is 5.55. The maximum atomic E-state index is 11.6. The van der Waals surface area contributed by atoms with Gasteiger partial charge < -0.3 is 10.2 Å². The van der Waals surface area contributed by atoms with Crippen LogP contribution in [0.15, 0.2) is 0 Å². The zero-order valence-electron chi connectivity index (χ0n) is 12.8. The molecular formula is C15H32N2O. The number of unbranched alkanes of at least 4 members (excludes halogenated alkanes) is 4. The van der Waals surface area contributed by atoms with E-state index in [1.165, 1.54) is 32.2 Å². The SMILES string of the molecule is CCC[C@H](C)C(=O)NCCCCCCCN(C)C. The standard InChI is InChI=1S/C15H32N2O/c1-5-11-14(2)15(18)16-12-9-7-6-8-10-13-17(3)4/h14H,5-13H2,1-4H3,(H,16,18)/t14-/m0/s1. The first kappa shape index (κ1) is 17.4. The molecule has 0 aromatic rings. The van der Waals surface area contributed by atoms with E-state index in [4.69, 9.17) is 0 Å². The first-order chi connectivity index (χ1) is 8.57. The molecule has 3 heteroatoms. The van der Waals surface area contributed by atoms with E-state index in [-0.39, 0.29) is 11.8 Å². The Hall–Kier alpha value is -0.570. The number of nitrogens with zero attached hydrogens (tertiary/aromatic N) is 1. The average Bonchev–Trinajstić information content (AvgIpc) is 2.32. The van der Waals surface area contributed by atoms with Crippen molar-refractivity contribution in [2.75, 3.05) is 27.2 Å². The summed E-state index contributed by atoms with van der Waals surface area (Å²) < 4.78 is 0. The molecule has 0 aliphatic carbocycles. The Labute approximate surface area is 113 Å². The van der Waals surface area contributed by atoms with Gasteiger partial charge in [0.1, 0.15) is 0 Å². The largest absolute Gasteiger partial charge is 0.356 e. The molecule has 0 fully saturated rings. The van der Waals surface area contributed by atoms with E-state index in [9.17, 15) is 4.79 Å². The van der Waals surface area contributed by atoms with Gasteiger partial charge in [0.25, 0.3) is 0 Å². The number of rotatable bonds is 11. The second kappa shape index (κ2) is 11.5. The summed E-state index contributed by atoms with van der Waals surface area (Å²) >= 11 is 0. The third-order valence-electron chi connectivity index (χ3n) is 3.25. The van der Waals surface area contributed by atoms with Crippen LogP contribution in [0.5, 0.6) is 0 Å². The molecule has 108 valence electrons. The molecule has 1 atom stereocenters. The summed E-state index contributed by atoms with van der Waals surface area (Å²) in [5.74, 6) is 0.402. The number of hydrogen-bond acceptors (Lipinski definition) is 2. The van der Waals surface area contributed by atoms with Crippen LogP contribution in [0, 0.1) is 5.92 Å². The predicted molar refractivity (Wildman–Crippen MR) is 78.7 cm³/mol. The van der Waals surface area contributed by atoms with Crippen molar-refractivity contribution >= 4 is 5.91 Å². The minimum atomic E-state index is 0.176. The Morgan fingerprint density at radius 3 is 2.33 bits per heavy atom. The lowest BCUT2D eigenvalue weighted by Gasteiger charge is -2.11. The number of amides is 1. The molecule has 0 bridgehead atoms. The Morgan fingerprint density at radius 1 is 1.11 bits per heavy atom. The fourth-order valence-electron chi connectivity index (χ4n) is 2.03. The first-order valence-corrected chi connectivity index (χ1v) is 7.50. The molecule has 3 nitrogen and oxygen atoms in total. The highest BCUT2D eigenvalue weighted by Gasteiger charge is 2.09. The lowest BCUT2D eigenvalue weighted by molar-refractivity contribution is -0.124. The summed E-state index contributed by atoms with van der Waals surface area (Å²) in [6.07, 6.45) is 8.30. The van der Waals surface area contributed by atoms with E-state index in [2.05, 4.69) is 31.2 Å². The molecule has 0 saturated heterocycles. The lowest BCUT2D eigenvalue weighted by Crippen LogP contribution is -2.29. The molecule has 0 aromatic heterocycles. The average molecular weight is 256 g/mol. The zero-order valence-corrected chi connectivity index (χ0v) is 12.8. The predicted octanol–water partition coefficient (Wildman–Crippen LogP) is 3.05. The van der Waals surface area contributed by atoms with Crippen LogP contribution in [0.3, 0.4) is 0 Å². The fourth-order valence-corrected chi connectivity index (χ4v) is 2.03. The molecule has 0 aliphatic rings. The first-order valence-electron chi connectivity index (χ1n) is 7.50. The summed E-state index contributed by atoms with van der Waals surface area (Å²) in [4.78, 5) is 13.9. The lowest BCUT2D eigenvalue weighted by atomic mass is 10.1. The summed E-state index contributed by atoms with van der Waals surface area (Å²) in [6, 6.07) is 0. The number of hydrogen-bond donors (Lipinski definition) is 1. The van der Waals surface area contributed by atoms with Crippen LogP contribution in [0.25, 0.3) is 0 Å². The van der Waals surface area contributed by atoms with Crippen molar-refractivity contribution in [2.45, 2.75) is 58.8 Å². The van der Waals surface area contributed by atoms with E-state index in [0.29, 0.717) is 0 Å². The Morgan fingerprint density at radius 2 is 1.72 bits per heavy atom. The molecule has 0 saturated carbocycles. The minimum absolute atomic E-state index is 0.176. The van der Waals surface area contributed by atoms with Gasteiger partial charge in [0.15, 0.2) is 0 Å². The molecule has 0 rings (SSSR count). The van der Waals surface area contributed by atoms with Gasteiger partial charge in [-0.15, -0.1) is 0 Å². The summed E-state index contributed by atoms with van der Waals surface area (Å²) in [7, 11) is 4.24. The van der Waals surface area contributed by atoms with Gasteiger partial charge in [-0.3, -0.25) is 4.79 Å². The highest BCUT2D eigenvalue weighted by Crippen LogP contribution is 2.05. The Bertz CT molecular complexity index is 205. The molecule has 0 unspecified atom stereocenters. The number of nitrogens with one attached hydrogen (secondary N) is 1. The van der Waals surface area contributed by atoms with E-state index < -0.39 is 0 Å². The Balaban J connectivity index is 3.27. The maximum absolute atomic E-state index is 11.6. The summed E-state index contributed by atoms with van der Waals surface area (Å²) in [6.45, 7) is 6.17. The summed E-state index contributed by atoms with van der Waals surface area (Å²) in [5, 5.41) is 3.03. The van der Waals surface area contributed by atoms with Crippen molar-refractivity contribution in [2.24, 2.45) is 5.92 Å². The molecule has 0 radical (unpaired) electrons. The van der Waals surface area contributed by atoms with E-state index >= 15 is 0 Å². The fraction of sp³-hybridized carbons (Fsp3) is 0.933. The van der Waals surface area contributed by atoms with Crippen LogP contribution < -0.4 is 5.32 Å². The molecule has 0 heterocycles. The van der Waals surface area contributed by atoms with E-state index in [0.717, 1.165) is 25.8 Å². The van der Waals surface area contributed by atoms with Gasteiger partial charge in [0, 0.05) is 12.5 Å². The molecule has 1 amide bonds. The van der Waals surface area contributed by atoms with Crippen LogP contribution in [0.1, 0.15) is 58.8 Å². The molecule has 0 aromatic carbocycles. The molecule has 0 spiro atoms. The van der Waals surface area contributed by atoms with Gasteiger partial charge in [-0.05, 0) is 39.9 Å². The van der Waals surface area contributed by atoms with Crippen molar-refractivity contribution < 1.29 is 4.79 Å². The third-order valence-corrected chi connectivity index (χ3v) is 3.25. The quantitative estimate of drug-likeness (QED) is 0.576. The number of carbonyl (C=O) groups is 1. The molecule has 1 N–H and O–H groups in total. The number of carbonyl (C=O) groups excluding carboxylic acids is 1. The van der Waals surface area contributed by atoms with E-state index in [1.54, 1.807) is 0 Å². The van der Waals surface area contributed by atoms with Crippen LogP contribution in [0.2, 0.25) is 0 Å². The van der Waals surface area contributed by atoms with Crippen molar-refractivity contribution in [3.05, 3.63) is 0 Å². The van der Waals surface area contributed by atoms with Crippen LogP contribution in [-0.2, 0) is 4.79 Å². The van der Waals surface area contributed by atoms with Crippen LogP contribution >= 0.6 is 0 Å². The second-order valence-electron chi connectivity index (χ2n) is 5.55. The molecule has 0 aliphatic heterocycles. The topological polar surface area (TPSA) is 32.3 Å². The smallest absolute Gasteiger partial charge is 0.222 e. The molecule has 18 heavy (non-hydrogen) atoms. The summed E-state index contributed by atoms with van der Waals surface area (Å²) in [5.41, 5.74) is 0. The third kappa shape index (κ3) is 10.6. The van der Waals surface area contributed by atoms with Crippen LogP contribution in [-0.4, -0.2) is 38.0 Å². The van der Waals surface area contributed by atoms with Gasteiger partial charge in [0.2, 0.25) is 5.91 Å². The van der Waals surface area contributed by atoms with E-state index in [1.807, 2.05) is 6.92 Å².